The standard InChI is InChI=1S/C29H26N2O4/c1-18-6-5-7-20(16-18)34-15-14-29-13-12-28(2,35-29)24-25(29)27(33)31(26(24)32)23-11-10-19(17-30)21-8-3-4-9-22(21)23/h3-11,16,24-25H,12-15H2,1-2H3/t24-,25+,28-,29-/m0/s1. The van der Waals surface area contributed by atoms with E-state index in [-0.39, 0.29) is 11.8 Å². The van der Waals surface area contributed by atoms with E-state index < -0.39 is 23.0 Å². The molecule has 0 spiro atoms. The van der Waals surface area contributed by atoms with Crippen LogP contribution in [0.25, 0.3) is 10.8 Å². The van der Waals surface area contributed by atoms with Crippen molar-refractivity contribution in [3.05, 3.63) is 71.8 Å². The average molecular weight is 467 g/mol. The maximum absolute atomic E-state index is 13.9. The molecule has 2 bridgehead atoms. The molecule has 4 atom stereocenters. The van der Waals surface area contributed by atoms with Gasteiger partial charge in [0, 0.05) is 17.2 Å². The molecule has 6 heteroatoms. The second-order valence-electron chi connectivity index (χ2n) is 10.2. The van der Waals surface area contributed by atoms with Crippen molar-refractivity contribution in [2.24, 2.45) is 11.8 Å². The Bertz CT molecular complexity index is 1430. The molecule has 2 amide bonds. The van der Waals surface area contributed by atoms with Crippen LogP contribution in [0.4, 0.5) is 5.69 Å². The third kappa shape index (κ3) is 3.11. The van der Waals surface area contributed by atoms with E-state index in [1.165, 1.54) is 4.90 Å². The minimum absolute atomic E-state index is 0.210. The van der Waals surface area contributed by atoms with Crippen LogP contribution in [0.3, 0.4) is 0 Å². The fourth-order valence-electron chi connectivity index (χ4n) is 6.47. The lowest BCUT2D eigenvalue weighted by atomic mass is 9.67. The Morgan fingerprint density at radius 1 is 1.03 bits per heavy atom. The zero-order chi connectivity index (χ0) is 24.4. The lowest BCUT2D eigenvalue weighted by molar-refractivity contribution is -0.131. The average Bonchev–Trinajstić information content (AvgIpc) is 3.43. The maximum Gasteiger partial charge on any atom is 0.240 e. The maximum atomic E-state index is 13.9. The molecule has 3 aliphatic heterocycles. The van der Waals surface area contributed by atoms with E-state index in [0.29, 0.717) is 24.3 Å². The molecule has 3 fully saturated rings. The van der Waals surface area contributed by atoms with Gasteiger partial charge in [-0.15, -0.1) is 0 Å². The number of imide groups is 1. The second kappa shape index (κ2) is 7.66. The van der Waals surface area contributed by atoms with Crippen LogP contribution < -0.4 is 9.64 Å². The summed E-state index contributed by atoms with van der Waals surface area (Å²) in [5, 5.41) is 11.0. The first-order valence-corrected chi connectivity index (χ1v) is 12.1. The van der Waals surface area contributed by atoms with Gasteiger partial charge in [-0.05, 0) is 56.5 Å². The highest BCUT2D eigenvalue weighted by molar-refractivity contribution is 6.26. The van der Waals surface area contributed by atoms with E-state index in [0.717, 1.165) is 34.9 Å². The molecule has 0 N–H and O–H groups in total. The highest BCUT2D eigenvalue weighted by atomic mass is 16.5. The zero-order valence-corrected chi connectivity index (χ0v) is 19.8. The highest BCUT2D eigenvalue weighted by Gasteiger charge is 2.73. The number of anilines is 1. The quantitative estimate of drug-likeness (QED) is 0.499. The van der Waals surface area contributed by atoms with E-state index in [1.807, 2.05) is 62.4 Å². The van der Waals surface area contributed by atoms with E-state index in [4.69, 9.17) is 9.47 Å². The van der Waals surface area contributed by atoms with Gasteiger partial charge in [-0.3, -0.25) is 9.59 Å². The Hall–Kier alpha value is -3.69. The number of fused-ring (bicyclic) bond motifs is 6. The first kappa shape index (κ1) is 21.8. The highest BCUT2D eigenvalue weighted by Crippen LogP contribution is 2.62. The summed E-state index contributed by atoms with van der Waals surface area (Å²) in [4.78, 5) is 29.1. The summed E-state index contributed by atoms with van der Waals surface area (Å²) >= 11 is 0. The van der Waals surface area contributed by atoms with Crippen molar-refractivity contribution in [3.8, 4) is 11.8 Å². The Labute approximate surface area is 204 Å². The number of benzene rings is 3. The molecule has 0 radical (unpaired) electrons. The molecule has 3 aromatic carbocycles. The van der Waals surface area contributed by atoms with Crippen molar-refractivity contribution >= 4 is 28.3 Å². The first-order chi connectivity index (χ1) is 16.9. The number of hydrogen-bond donors (Lipinski definition) is 0. The largest absolute Gasteiger partial charge is 0.493 e. The minimum atomic E-state index is -0.715. The monoisotopic (exact) mass is 466 g/mol. The molecule has 0 unspecified atom stereocenters. The molecule has 35 heavy (non-hydrogen) atoms. The summed E-state index contributed by atoms with van der Waals surface area (Å²) < 4.78 is 12.5. The van der Waals surface area contributed by atoms with Gasteiger partial charge in [-0.1, -0.05) is 36.4 Å². The number of carbonyl (C=O) groups excluding carboxylic acids is 2. The van der Waals surface area contributed by atoms with Gasteiger partial charge >= 0.3 is 0 Å². The molecule has 6 nitrogen and oxygen atoms in total. The molecule has 3 aliphatic rings. The Morgan fingerprint density at radius 3 is 2.57 bits per heavy atom. The summed E-state index contributed by atoms with van der Waals surface area (Å²) in [5.74, 6) is -0.690. The summed E-state index contributed by atoms with van der Waals surface area (Å²) in [7, 11) is 0. The number of aryl methyl sites for hydroxylation is 1. The summed E-state index contributed by atoms with van der Waals surface area (Å²) in [6, 6.07) is 20.9. The summed E-state index contributed by atoms with van der Waals surface area (Å²) in [6.07, 6.45) is 2.00. The third-order valence-corrected chi connectivity index (χ3v) is 8.06. The first-order valence-electron chi connectivity index (χ1n) is 12.1. The van der Waals surface area contributed by atoms with E-state index in [2.05, 4.69) is 6.07 Å². The minimum Gasteiger partial charge on any atom is -0.493 e. The Morgan fingerprint density at radius 2 is 1.80 bits per heavy atom. The smallest absolute Gasteiger partial charge is 0.240 e. The topological polar surface area (TPSA) is 79.6 Å². The van der Waals surface area contributed by atoms with Gasteiger partial charge in [0.1, 0.15) is 5.75 Å². The van der Waals surface area contributed by atoms with E-state index in [1.54, 1.807) is 12.1 Å². The molecule has 0 aliphatic carbocycles. The lowest BCUT2D eigenvalue weighted by Crippen LogP contribution is -2.43. The molecular formula is C29H26N2O4. The molecular weight excluding hydrogens is 440 g/mol. The number of hydrogen-bond acceptors (Lipinski definition) is 5. The summed E-state index contributed by atoms with van der Waals surface area (Å²) in [6.45, 7) is 4.39. The molecule has 3 heterocycles. The van der Waals surface area contributed by atoms with Gasteiger partial charge in [0.2, 0.25) is 11.8 Å². The van der Waals surface area contributed by atoms with Crippen molar-refractivity contribution in [1.82, 2.24) is 0 Å². The van der Waals surface area contributed by atoms with Gasteiger partial charge < -0.3 is 9.47 Å². The molecule has 3 saturated heterocycles. The number of carbonyl (C=O) groups is 2. The Balaban J connectivity index is 1.34. The van der Waals surface area contributed by atoms with Crippen LogP contribution in [0.1, 0.15) is 37.3 Å². The predicted octanol–water partition coefficient (Wildman–Crippen LogP) is 4.92. The van der Waals surface area contributed by atoms with Crippen LogP contribution in [-0.2, 0) is 14.3 Å². The van der Waals surface area contributed by atoms with Gasteiger partial charge in [0.15, 0.2) is 0 Å². The number of amides is 2. The predicted molar refractivity (Wildman–Crippen MR) is 131 cm³/mol. The molecule has 3 aromatic rings. The van der Waals surface area contributed by atoms with Gasteiger partial charge in [-0.25, -0.2) is 4.90 Å². The van der Waals surface area contributed by atoms with Crippen molar-refractivity contribution in [1.29, 1.82) is 5.26 Å². The third-order valence-electron chi connectivity index (χ3n) is 8.06. The van der Waals surface area contributed by atoms with Crippen LogP contribution in [0.2, 0.25) is 0 Å². The number of rotatable bonds is 5. The van der Waals surface area contributed by atoms with Crippen molar-refractivity contribution in [2.45, 2.75) is 44.3 Å². The summed E-state index contributed by atoms with van der Waals surface area (Å²) in [5.41, 5.74) is 0.792. The molecule has 0 saturated carbocycles. The molecule has 0 aromatic heterocycles. The van der Waals surface area contributed by atoms with Crippen LogP contribution in [-0.4, -0.2) is 29.6 Å². The van der Waals surface area contributed by atoms with Gasteiger partial charge in [0.25, 0.3) is 0 Å². The van der Waals surface area contributed by atoms with Crippen molar-refractivity contribution in [3.63, 3.8) is 0 Å². The lowest BCUT2D eigenvalue weighted by Gasteiger charge is -2.31. The molecule has 176 valence electrons. The SMILES string of the molecule is Cc1cccc(OCC[C@]23CC[C@](C)(O2)[C@@H]2C(=O)N(c4ccc(C#N)c5ccccc45)C(=O)[C@@H]23)c1. The number of ether oxygens (including phenoxy) is 2. The van der Waals surface area contributed by atoms with Crippen molar-refractivity contribution < 1.29 is 19.1 Å². The van der Waals surface area contributed by atoms with Crippen LogP contribution in [0.5, 0.6) is 5.75 Å². The molecule has 6 rings (SSSR count). The van der Waals surface area contributed by atoms with Crippen LogP contribution in [0.15, 0.2) is 60.7 Å². The zero-order valence-electron chi connectivity index (χ0n) is 19.8. The second-order valence-corrected chi connectivity index (χ2v) is 10.2. The Kier molecular flexibility index (Phi) is 4.77. The van der Waals surface area contributed by atoms with E-state index in [9.17, 15) is 14.9 Å². The van der Waals surface area contributed by atoms with Gasteiger partial charge in [0.05, 0.1) is 47.0 Å². The number of nitriles is 1. The van der Waals surface area contributed by atoms with Crippen molar-refractivity contribution in [2.75, 3.05) is 11.5 Å². The van der Waals surface area contributed by atoms with E-state index >= 15 is 0 Å². The number of nitrogens with zero attached hydrogens (tertiary/aromatic N) is 2. The fraction of sp³-hybridized carbons (Fsp3) is 0.345. The van der Waals surface area contributed by atoms with Gasteiger partial charge in [-0.2, -0.15) is 5.26 Å². The van der Waals surface area contributed by atoms with Crippen LogP contribution in [0, 0.1) is 30.1 Å². The normalized spacial score (nSPS) is 29.0. The van der Waals surface area contributed by atoms with Crippen LogP contribution >= 0.6 is 0 Å². The fourth-order valence-corrected chi connectivity index (χ4v) is 6.47.